The van der Waals surface area contributed by atoms with Gasteiger partial charge in [-0.2, -0.15) is 0 Å². The van der Waals surface area contributed by atoms with Gasteiger partial charge >= 0.3 is 0 Å². The zero-order valence-electron chi connectivity index (χ0n) is 8.08. The van der Waals surface area contributed by atoms with E-state index in [1.54, 1.807) is 0 Å². The second-order valence-electron chi connectivity index (χ2n) is 3.30. The Morgan fingerprint density at radius 3 is 2.38 bits per heavy atom. The second kappa shape index (κ2) is 4.57. The maximum absolute atomic E-state index is 4.98. The molecule has 0 bridgehead atoms. The van der Waals surface area contributed by atoms with E-state index in [1.807, 2.05) is 12.1 Å². The normalized spacial score (nSPS) is 9.69. The Labute approximate surface area is 79.7 Å². The monoisotopic (exact) mass is 174 g/mol. The molecule has 0 aliphatic carbocycles. The summed E-state index contributed by atoms with van der Waals surface area (Å²) in [5.74, 6) is 0.572. The van der Waals surface area contributed by atoms with Crippen molar-refractivity contribution >= 4 is 0 Å². The Kier molecular flexibility index (Phi) is 3.40. The molecule has 1 aromatic carbocycles. The van der Waals surface area contributed by atoms with Gasteiger partial charge in [0.05, 0.1) is 0 Å². The summed E-state index contributed by atoms with van der Waals surface area (Å²) in [4.78, 5) is 0. The summed E-state index contributed by atoms with van der Waals surface area (Å²) >= 11 is 0. The molecule has 1 aromatic rings. The van der Waals surface area contributed by atoms with Gasteiger partial charge in [0.2, 0.25) is 0 Å². The fraction of sp³-hybridized carbons (Fsp3) is 0.333. The van der Waals surface area contributed by atoms with Gasteiger partial charge in [-0.3, -0.25) is 0 Å². The number of rotatable bonds is 3. The van der Waals surface area contributed by atoms with E-state index in [9.17, 15) is 0 Å². The largest absolute Gasteiger partial charge is 0.442 e. The molecule has 0 aliphatic heterocycles. The molecule has 0 fully saturated rings. The average molecular weight is 174 g/mol. The van der Waals surface area contributed by atoms with Crippen molar-refractivity contribution in [2.45, 2.75) is 26.4 Å². The minimum Gasteiger partial charge on any atom is -0.442 e. The Morgan fingerprint density at radius 1 is 1.31 bits per heavy atom. The van der Waals surface area contributed by atoms with Crippen LogP contribution < -0.4 is 0 Å². The van der Waals surface area contributed by atoms with Crippen LogP contribution in [0, 0.1) is 12.5 Å². The number of benzene rings is 1. The Balaban J connectivity index is 2.65. The van der Waals surface area contributed by atoms with Crippen LogP contribution in [0.15, 0.2) is 24.3 Å². The second-order valence-corrected chi connectivity index (χ2v) is 3.30. The molecule has 1 nitrogen and oxygen atoms in total. The SMILES string of the molecule is C#COCc1ccc(C(C)C)cc1. The molecule has 0 saturated heterocycles. The fourth-order valence-corrected chi connectivity index (χ4v) is 1.12. The van der Waals surface area contributed by atoms with Crippen molar-refractivity contribution in [3.8, 4) is 12.5 Å². The first kappa shape index (κ1) is 9.67. The highest BCUT2D eigenvalue weighted by atomic mass is 16.5. The topological polar surface area (TPSA) is 9.23 Å². The maximum Gasteiger partial charge on any atom is 0.125 e. The molecule has 0 saturated carbocycles. The lowest BCUT2D eigenvalue weighted by Gasteiger charge is -2.05. The smallest absolute Gasteiger partial charge is 0.125 e. The van der Waals surface area contributed by atoms with Gasteiger partial charge in [-0.05, 0) is 17.0 Å². The van der Waals surface area contributed by atoms with E-state index in [0.717, 1.165) is 5.56 Å². The molecule has 68 valence electrons. The van der Waals surface area contributed by atoms with Crippen molar-refractivity contribution in [2.75, 3.05) is 0 Å². The molecule has 0 aromatic heterocycles. The summed E-state index contributed by atoms with van der Waals surface area (Å²) in [6, 6.07) is 8.32. The Hall–Kier alpha value is -1.42. The molecule has 0 amide bonds. The van der Waals surface area contributed by atoms with Gasteiger partial charge in [-0.25, -0.2) is 0 Å². The molecule has 1 heteroatoms. The van der Waals surface area contributed by atoms with Crippen LogP contribution in [0.1, 0.15) is 30.9 Å². The molecule has 0 spiro atoms. The molecular formula is C12H14O. The lowest BCUT2D eigenvalue weighted by molar-refractivity contribution is 0.265. The zero-order chi connectivity index (χ0) is 9.68. The van der Waals surface area contributed by atoms with Crippen molar-refractivity contribution < 1.29 is 4.74 Å². The third-order valence-corrected chi connectivity index (χ3v) is 1.97. The molecule has 0 N–H and O–H groups in total. The lowest BCUT2D eigenvalue weighted by atomic mass is 10.0. The quantitative estimate of drug-likeness (QED) is 0.640. The van der Waals surface area contributed by atoms with E-state index in [1.165, 1.54) is 5.56 Å². The summed E-state index contributed by atoms with van der Waals surface area (Å²) in [5, 5.41) is 0. The van der Waals surface area contributed by atoms with E-state index in [0.29, 0.717) is 12.5 Å². The summed E-state index contributed by atoms with van der Waals surface area (Å²) in [7, 11) is 0. The van der Waals surface area contributed by atoms with Gasteiger partial charge in [0, 0.05) is 0 Å². The third-order valence-electron chi connectivity index (χ3n) is 1.97. The van der Waals surface area contributed by atoms with Crippen LogP contribution >= 0.6 is 0 Å². The predicted octanol–water partition coefficient (Wildman–Crippen LogP) is 2.92. The van der Waals surface area contributed by atoms with Gasteiger partial charge in [-0.1, -0.05) is 44.5 Å². The zero-order valence-corrected chi connectivity index (χ0v) is 8.08. The number of hydrogen-bond donors (Lipinski definition) is 0. The highest BCUT2D eigenvalue weighted by molar-refractivity contribution is 5.24. The predicted molar refractivity (Wildman–Crippen MR) is 54.2 cm³/mol. The highest BCUT2D eigenvalue weighted by Gasteiger charge is 1.98. The van der Waals surface area contributed by atoms with Crippen LogP contribution in [0.3, 0.4) is 0 Å². The van der Waals surface area contributed by atoms with Crippen molar-refractivity contribution in [3.05, 3.63) is 35.4 Å². The van der Waals surface area contributed by atoms with Gasteiger partial charge in [0.25, 0.3) is 0 Å². The number of ether oxygens (including phenoxy) is 1. The van der Waals surface area contributed by atoms with Crippen molar-refractivity contribution in [2.24, 2.45) is 0 Å². The van der Waals surface area contributed by atoms with Gasteiger partial charge in [0.1, 0.15) is 12.7 Å². The van der Waals surface area contributed by atoms with E-state index in [2.05, 4.69) is 32.1 Å². The van der Waals surface area contributed by atoms with Crippen LogP contribution in [0.25, 0.3) is 0 Å². The summed E-state index contributed by atoms with van der Waals surface area (Å²) in [6.45, 7) is 4.84. The van der Waals surface area contributed by atoms with E-state index in [-0.39, 0.29) is 0 Å². The van der Waals surface area contributed by atoms with Gasteiger partial charge in [-0.15, -0.1) is 0 Å². The summed E-state index contributed by atoms with van der Waals surface area (Å²) < 4.78 is 4.85. The van der Waals surface area contributed by atoms with Crippen molar-refractivity contribution in [3.63, 3.8) is 0 Å². The standard InChI is InChI=1S/C12H14O/c1-4-13-9-11-5-7-12(8-6-11)10(2)3/h1,5-8,10H,9H2,2-3H3. The van der Waals surface area contributed by atoms with E-state index in [4.69, 9.17) is 11.2 Å². The first-order valence-corrected chi connectivity index (χ1v) is 4.40. The first-order chi connectivity index (χ1) is 6.24. The van der Waals surface area contributed by atoms with Crippen molar-refractivity contribution in [1.82, 2.24) is 0 Å². The number of terminal acetylenes is 1. The third kappa shape index (κ3) is 2.83. The molecule has 0 radical (unpaired) electrons. The van der Waals surface area contributed by atoms with Gasteiger partial charge < -0.3 is 4.74 Å². The van der Waals surface area contributed by atoms with E-state index < -0.39 is 0 Å². The summed E-state index contributed by atoms with van der Waals surface area (Å²) in [5.41, 5.74) is 2.45. The lowest BCUT2D eigenvalue weighted by Crippen LogP contribution is -1.90. The molecular weight excluding hydrogens is 160 g/mol. The highest BCUT2D eigenvalue weighted by Crippen LogP contribution is 2.14. The van der Waals surface area contributed by atoms with Crippen LogP contribution in [0.2, 0.25) is 0 Å². The van der Waals surface area contributed by atoms with Crippen LogP contribution in [0.5, 0.6) is 0 Å². The summed E-state index contributed by atoms with van der Waals surface area (Å²) in [6.07, 6.45) is 7.14. The Morgan fingerprint density at radius 2 is 1.92 bits per heavy atom. The van der Waals surface area contributed by atoms with Crippen LogP contribution in [-0.4, -0.2) is 0 Å². The van der Waals surface area contributed by atoms with E-state index >= 15 is 0 Å². The number of hydrogen-bond acceptors (Lipinski definition) is 1. The Bertz CT molecular complexity index is 290. The van der Waals surface area contributed by atoms with Gasteiger partial charge in [0.15, 0.2) is 0 Å². The minimum absolute atomic E-state index is 0.495. The maximum atomic E-state index is 4.98. The molecule has 0 aliphatic rings. The average Bonchev–Trinajstić information content (AvgIpc) is 2.15. The van der Waals surface area contributed by atoms with Crippen LogP contribution in [-0.2, 0) is 11.3 Å². The molecule has 0 unspecified atom stereocenters. The van der Waals surface area contributed by atoms with Crippen molar-refractivity contribution in [1.29, 1.82) is 0 Å². The van der Waals surface area contributed by atoms with Crippen LogP contribution in [0.4, 0.5) is 0 Å². The first-order valence-electron chi connectivity index (χ1n) is 4.40. The minimum atomic E-state index is 0.495. The fourth-order valence-electron chi connectivity index (χ4n) is 1.12. The molecule has 0 atom stereocenters. The molecule has 13 heavy (non-hydrogen) atoms. The molecule has 1 rings (SSSR count). The molecule has 0 heterocycles.